The minimum Gasteiger partial charge on any atom is -0.365 e. The van der Waals surface area contributed by atoms with E-state index in [0.29, 0.717) is 11.7 Å². The van der Waals surface area contributed by atoms with Crippen LogP contribution in [-0.2, 0) is 11.3 Å². The highest BCUT2D eigenvalue weighted by atomic mass is 35.5. The first kappa shape index (κ1) is 23.3. The summed E-state index contributed by atoms with van der Waals surface area (Å²) in [4.78, 5) is 22.0. The number of nitrogens with zero attached hydrogens (tertiary/aromatic N) is 3. The molecular weight excluding hydrogens is 409 g/mol. The highest BCUT2D eigenvalue weighted by molar-refractivity contribution is 7.07. The van der Waals surface area contributed by atoms with Crippen LogP contribution in [0.25, 0.3) is 6.08 Å². The number of hydrogen-bond acceptors (Lipinski definition) is 7. The normalized spacial score (nSPS) is 17.0. The molecule has 3 heterocycles. The summed E-state index contributed by atoms with van der Waals surface area (Å²) in [5.74, 6) is 0.128. The maximum atomic E-state index is 10.9. The molecular formula is C17H23Cl2N5O2S. The smallest absolute Gasteiger partial charge is 0.267 e. The highest BCUT2D eigenvalue weighted by Gasteiger charge is 2.20. The third-order valence-electron chi connectivity index (χ3n) is 4.03. The van der Waals surface area contributed by atoms with Gasteiger partial charge in [0.15, 0.2) is 0 Å². The number of amides is 1. The summed E-state index contributed by atoms with van der Waals surface area (Å²) in [5.41, 5.74) is 3.45. The molecule has 0 spiro atoms. The molecule has 7 nitrogen and oxygen atoms in total. The van der Waals surface area contributed by atoms with E-state index in [9.17, 15) is 4.79 Å². The van der Waals surface area contributed by atoms with Crippen LogP contribution >= 0.6 is 36.2 Å². The first-order valence-corrected chi connectivity index (χ1v) is 9.11. The predicted octanol–water partition coefficient (Wildman–Crippen LogP) is 2.98. The van der Waals surface area contributed by atoms with Crippen LogP contribution in [0.1, 0.15) is 24.1 Å². The van der Waals surface area contributed by atoms with Crippen molar-refractivity contribution in [3.63, 3.8) is 0 Å². The Kier molecular flexibility index (Phi) is 10.3. The Balaban J connectivity index is 0.00000182. The molecule has 0 unspecified atom stereocenters. The third kappa shape index (κ3) is 7.43. The van der Waals surface area contributed by atoms with Crippen LogP contribution in [0.4, 0.5) is 5.82 Å². The number of carbonyl (C=O) groups is 1. The van der Waals surface area contributed by atoms with Crippen LogP contribution in [-0.4, -0.2) is 45.1 Å². The lowest BCUT2D eigenvalue weighted by molar-refractivity contribution is -0.124. The zero-order chi connectivity index (χ0) is 17.5. The van der Waals surface area contributed by atoms with Gasteiger partial charge in [0.2, 0.25) is 0 Å². The molecule has 1 fully saturated rings. The lowest BCUT2D eigenvalue weighted by Gasteiger charge is -2.33. The van der Waals surface area contributed by atoms with Crippen LogP contribution in [0.5, 0.6) is 0 Å². The number of rotatable bonds is 6. The second-order valence-electron chi connectivity index (χ2n) is 5.99. The Morgan fingerprint density at radius 3 is 2.89 bits per heavy atom. The molecule has 10 heteroatoms. The number of carbonyl (C=O) groups excluding carboxylic acids is 1. The molecule has 1 amide bonds. The highest BCUT2D eigenvalue weighted by Crippen LogP contribution is 2.17. The Bertz CT molecular complexity index is 713. The van der Waals surface area contributed by atoms with E-state index in [4.69, 9.17) is 5.21 Å². The van der Waals surface area contributed by atoms with E-state index in [-0.39, 0.29) is 24.8 Å². The zero-order valence-corrected chi connectivity index (χ0v) is 17.0. The lowest BCUT2D eigenvalue weighted by Crippen LogP contribution is -2.41. The van der Waals surface area contributed by atoms with Crippen molar-refractivity contribution in [2.24, 2.45) is 0 Å². The van der Waals surface area contributed by atoms with Gasteiger partial charge in [-0.05, 0) is 47.9 Å². The molecule has 0 radical (unpaired) electrons. The quantitative estimate of drug-likeness (QED) is 0.370. The summed E-state index contributed by atoms with van der Waals surface area (Å²) in [6.07, 6.45) is 8.21. The molecule has 1 aliphatic heterocycles. The van der Waals surface area contributed by atoms with Crippen LogP contribution in [0.3, 0.4) is 0 Å². The predicted molar refractivity (Wildman–Crippen MR) is 112 cm³/mol. The van der Waals surface area contributed by atoms with Gasteiger partial charge in [-0.1, -0.05) is 0 Å². The maximum absolute atomic E-state index is 10.9. The summed E-state index contributed by atoms with van der Waals surface area (Å²) in [6.45, 7) is 3.09. The standard InChI is InChI=1S/C17H21N5O2S.2ClH/c23-17(21-24)4-3-14-8-19-16(9-18-14)20-15-2-1-6-22(11-15)10-13-5-7-25-12-13;;/h3-5,7-9,12,15,24H,1-2,6,10-11H2,(H,19,20)(H,21,23);2*1H/b4-3+;;/t15-;;/m1../s1. The zero-order valence-electron chi connectivity index (χ0n) is 14.6. The summed E-state index contributed by atoms with van der Waals surface area (Å²) in [6, 6.07) is 2.53. The number of hydrogen-bond donors (Lipinski definition) is 3. The van der Waals surface area contributed by atoms with Crippen molar-refractivity contribution >= 4 is 54.0 Å². The average Bonchev–Trinajstić information content (AvgIpc) is 3.14. The number of thiophene rings is 1. The fourth-order valence-electron chi connectivity index (χ4n) is 2.86. The van der Waals surface area contributed by atoms with Gasteiger partial charge in [0.25, 0.3) is 5.91 Å². The van der Waals surface area contributed by atoms with E-state index >= 15 is 0 Å². The Morgan fingerprint density at radius 1 is 1.37 bits per heavy atom. The molecule has 1 atom stereocenters. The fraction of sp³-hybridized carbons (Fsp3) is 0.353. The molecule has 0 aromatic carbocycles. The molecule has 2 aromatic rings. The minimum absolute atomic E-state index is 0. The Labute approximate surface area is 174 Å². The molecule has 0 aliphatic carbocycles. The van der Waals surface area contributed by atoms with Crippen LogP contribution in [0.15, 0.2) is 35.3 Å². The summed E-state index contributed by atoms with van der Waals surface area (Å²) < 4.78 is 0. The number of piperidine rings is 1. The third-order valence-corrected chi connectivity index (χ3v) is 4.76. The first-order chi connectivity index (χ1) is 12.2. The summed E-state index contributed by atoms with van der Waals surface area (Å²) in [5, 5.41) is 16.2. The second-order valence-corrected chi connectivity index (χ2v) is 6.77. The number of halogens is 2. The van der Waals surface area contributed by atoms with E-state index in [1.54, 1.807) is 23.7 Å². The van der Waals surface area contributed by atoms with Gasteiger partial charge in [-0.2, -0.15) is 11.3 Å². The molecule has 3 rings (SSSR count). The molecule has 27 heavy (non-hydrogen) atoms. The number of anilines is 1. The molecule has 148 valence electrons. The minimum atomic E-state index is -0.600. The average molecular weight is 432 g/mol. The molecule has 0 bridgehead atoms. The molecule has 1 aliphatic rings. The van der Waals surface area contributed by atoms with Crippen molar-refractivity contribution in [3.05, 3.63) is 46.6 Å². The van der Waals surface area contributed by atoms with Gasteiger partial charge in [0.1, 0.15) is 5.82 Å². The van der Waals surface area contributed by atoms with Gasteiger partial charge >= 0.3 is 0 Å². The number of aromatic nitrogens is 2. The maximum Gasteiger partial charge on any atom is 0.267 e. The van der Waals surface area contributed by atoms with Crippen molar-refractivity contribution < 1.29 is 10.0 Å². The van der Waals surface area contributed by atoms with Crippen molar-refractivity contribution in [1.29, 1.82) is 0 Å². The summed E-state index contributed by atoms with van der Waals surface area (Å²) in [7, 11) is 0. The van der Waals surface area contributed by atoms with E-state index < -0.39 is 5.91 Å². The summed E-state index contributed by atoms with van der Waals surface area (Å²) >= 11 is 1.74. The lowest BCUT2D eigenvalue weighted by atomic mass is 10.1. The van der Waals surface area contributed by atoms with Crippen LogP contribution < -0.4 is 10.8 Å². The Morgan fingerprint density at radius 2 is 2.22 bits per heavy atom. The van der Waals surface area contributed by atoms with Gasteiger partial charge in [-0.3, -0.25) is 19.9 Å². The van der Waals surface area contributed by atoms with Gasteiger partial charge in [-0.15, -0.1) is 24.8 Å². The van der Waals surface area contributed by atoms with Gasteiger partial charge in [0, 0.05) is 25.2 Å². The molecule has 2 aromatic heterocycles. The second kappa shape index (κ2) is 11.9. The number of hydroxylamine groups is 1. The molecule has 0 saturated carbocycles. The van der Waals surface area contributed by atoms with E-state index in [2.05, 4.69) is 37.0 Å². The number of nitrogens with one attached hydrogen (secondary N) is 2. The van der Waals surface area contributed by atoms with Gasteiger partial charge in [-0.25, -0.2) is 10.5 Å². The van der Waals surface area contributed by atoms with Crippen molar-refractivity contribution in [3.8, 4) is 0 Å². The topological polar surface area (TPSA) is 90.4 Å². The van der Waals surface area contributed by atoms with Crippen molar-refractivity contribution in [2.75, 3.05) is 18.4 Å². The Hall–Kier alpha value is -1.71. The van der Waals surface area contributed by atoms with Crippen LogP contribution in [0, 0.1) is 0 Å². The van der Waals surface area contributed by atoms with Crippen molar-refractivity contribution in [2.45, 2.75) is 25.4 Å². The van der Waals surface area contributed by atoms with E-state index in [0.717, 1.165) is 38.3 Å². The monoisotopic (exact) mass is 431 g/mol. The van der Waals surface area contributed by atoms with E-state index in [1.165, 1.54) is 23.2 Å². The molecule has 3 N–H and O–H groups in total. The van der Waals surface area contributed by atoms with E-state index in [1.807, 2.05) is 0 Å². The van der Waals surface area contributed by atoms with Crippen LogP contribution in [0.2, 0.25) is 0 Å². The SMILES string of the molecule is Cl.Cl.O=C(/C=C/c1cnc(N[C@@H]2CCCN(Cc3ccsc3)C2)cn1)NO. The molecule has 1 saturated heterocycles. The van der Waals surface area contributed by atoms with Gasteiger partial charge < -0.3 is 5.32 Å². The number of likely N-dealkylation sites (tertiary alicyclic amines) is 1. The van der Waals surface area contributed by atoms with Gasteiger partial charge in [0.05, 0.1) is 18.1 Å². The largest absolute Gasteiger partial charge is 0.365 e. The van der Waals surface area contributed by atoms with Crippen molar-refractivity contribution in [1.82, 2.24) is 20.3 Å². The first-order valence-electron chi connectivity index (χ1n) is 8.17. The fourth-order valence-corrected chi connectivity index (χ4v) is 3.52.